The predicted octanol–water partition coefficient (Wildman–Crippen LogP) is 2.23. The van der Waals surface area contributed by atoms with Crippen molar-refractivity contribution in [1.82, 2.24) is 4.98 Å². The van der Waals surface area contributed by atoms with E-state index in [4.69, 9.17) is 23.1 Å². The van der Waals surface area contributed by atoms with Crippen molar-refractivity contribution in [2.45, 2.75) is 0 Å². The number of rotatable bonds is 2. The third kappa shape index (κ3) is 2.83. The fourth-order valence-electron chi connectivity index (χ4n) is 2.54. The molecule has 1 fully saturated rings. The largest absolute Gasteiger partial charge is 0.396 e. The second-order valence-corrected chi connectivity index (χ2v) is 5.48. The summed E-state index contributed by atoms with van der Waals surface area (Å²) in [6.45, 7) is 3.55. The lowest BCUT2D eigenvalue weighted by Crippen LogP contribution is -2.47. The number of nitrogen functional groups attached to an aromatic ring is 2. The van der Waals surface area contributed by atoms with Crippen LogP contribution in [-0.2, 0) is 0 Å². The van der Waals surface area contributed by atoms with Crippen molar-refractivity contribution >= 4 is 34.6 Å². The van der Waals surface area contributed by atoms with E-state index < -0.39 is 0 Å². The average molecular weight is 304 g/mol. The molecule has 0 amide bonds. The number of hydrogen-bond donors (Lipinski definition) is 2. The molecule has 1 aromatic heterocycles. The summed E-state index contributed by atoms with van der Waals surface area (Å²) in [4.78, 5) is 8.85. The summed E-state index contributed by atoms with van der Waals surface area (Å²) < 4.78 is 0. The molecule has 1 saturated heterocycles. The maximum Gasteiger partial charge on any atom is 0.149 e. The van der Waals surface area contributed by atoms with Gasteiger partial charge in [0.05, 0.1) is 16.4 Å². The highest BCUT2D eigenvalue weighted by atomic mass is 35.5. The molecule has 4 N–H and O–H groups in total. The van der Waals surface area contributed by atoms with Crippen LogP contribution in [-0.4, -0.2) is 31.2 Å². The molecule has 6 heteroatoms. The molecule has 0 bridgehead atoms. The molecule has 2 heterocycles. The summed E-state index contributed by atoms with van der Waals surface area (Å²) in [5.74, 6) is 1.27. The average Bonchev–Trinajstić information content (AvgIpc) is 2.51. The lowest BCUT2D eigenvalue weighted by atomic mass is 10.2. The van der Waals surface area contributed by atoms with Crippen LogP contribution in [0.5, 0.6) is 0 Å². The van der Waals surface area contributed by atoms with Gasteiger partial charge in [-0.1, -0.05) is 23.7 Å². The Balaban J connectivity index is 1.70. The molecule has 3 rings (SSSR count). The normalized spacial score (nSPS) is 15.3. The van der Waals surface area contributed by atoms with Gasteiger partial charge >= 0.3 is 0 Å². The molecule has 21 heavy (non-hydrogen) atoms. The minimum Gasteiger partial charge on any atom is -0.396 e. The van der Waals surface area contributed by atoms with Gasteiger partial charge in [-0.15, -0.1) is 0 Å². The number of hydrogen-bond acceptors (Lipinski definition) is 5. The Morgan fingerprint density at radius 1 is 0.905 bits per heavy atom. The Labute approximate surface area is 129 Å². The number of benzene rings is 1. The van der Waals surface area contributed by atoms with Crippen LogP contribution in [0.15, 0.2) is 36.4 Å². The van der Waals surface area contributed by atoms with Crippen LogP contribution in [0, 0.1) is 0 Å². The summed E-state index contributed by atoms with van der Waals surface area (Å²) in [6, 6.07) is 11.6. The van der Waals surface area contributed by atoms with Crippen molar-refractivity contribution in [3.05, 3.63) is 41.4 Å². The first-order valence-electron chi connectivity index (χ1n) is 6.91. The van der Waals surface area contributed by atoms with E-state index in [1.54, 1.807) is 6.07 Å². The highest BCUT2D eigenvalue weighted by Gasteiger charge is 2.19. The van der Waals surface area contributed by atoms with Crippen LogP contribution in [0.1, 0.15) is 0 Å². The Kier molecular flexibility index (Phi) is 3.75. The number of pyridine rings is 1. The van der Waals surface area contributed by atoms with E-state index >= 15 is 0 Å². The van der Waals surface area contributed by atoms with E-state index in [9.17, 15) is 0 Å². The fourth-order valence-corrected chi connectivity index (χ4v) is 2.79. The lowest BCUT2D eigenvalue weighted by molar-refractivity contribution is 0.648. The standard InChI is InChI=1S/C15H18ClN5/c16-11-3-1-2-4-13(11)20-7-9-21(10-8-20)14-6-5-12(17)15(18)19-14/h1-6H,7-10,17H2,(H2,18,19). The fraction of sp³-hybridized carbons (Fsp3) is 0.267. The second-order valence-electron chi connectivity index (χ2n) is 5.07. The maximum absolute atomic E-state index is 6.25. The Bertz CT molecular complexity index is 638. The van der Waals surface area contributed by atoms with Crippen molar-refractivity contribution in [1.29, 1.82) is 0 Å². The smallest absolute Gasteiger partial charge is 0.149 e. The van der Waals surface area contributed by atoms with Crippen LogP contribution in [0.2, 0.25) is 5.02 Å². The molecule has 1 aliphatic heterocycles. The molecule has 2 aromatic rings. The summed E-state index contributed by atoms with van der Waals surface area (Å²) in [7, 11) is 0. The van der Waals surface area contributed by atoms with Gasteiger partial charge in [-0.2, -0.15) is 0 Å². The minimum atomic E-state index is 0.390. The van der Waals surface area contributed by atoms with E-state index in [-0.39, 0.29) is 0 Å². The van der Waals surface area contributed by atoms with E-state index in [2.05, 4.69) is 20.9 Å². The van der Waals surface area contributed by atoms with Crippen molar-refractivity contribution in [3.63, 3.8) is 0 Å². The molecule has 1 aliphatic rings. The molecular weight excluding hydrogens is 286 g/mol. The number of piperazine rings is 1. The third-order valence-corrected chi connectivity index (χ3v) is 4.06. The molecule has 0 atom stereocenters. The van der Waals surface area contributed by atoms with Gasteiger partial charge in [0.1, 0.15) is 11.6 Å². The molecule has 0 saturated carbocycles. The van der Waals surface area contributed by atoms with E-state index in [1.165, 1.54) is 0 Å². The van der Waals surface area contributed by atoms with Gasteiger partial charge in [-0.3, -0.25) is 0 Å². The van der Waals surface area contributed by atoms with Gasteiger partial charge in [-0.25, -0.2) is 4.98 Å². The lowest BCUT2D eigenvalue weighted by Gasteiger charge is -2.37. The monoisotopic (exact) mass is 303 g/mol. The molecule has 5 nitrogen and oxygen atoms in total. The zero-order valence-corrected chi connectivity index (χ0v) is 12.4. The van der Waals surface area contributed by atoms with Gasteiger partial charge in [0.2, 0.25) is 0 Å². The number of aromatic nitrogens is 1. The molecule has 0 unspecified atom stereocenters. The first-order chi connectivity index (χ1) is 10.1. The quantitative estimate of drug-likeness (QED) is 0.890. The van der Waals surface area contributed by atoms with Gasteiger partial charge in [0.25, 0.3) is 0 Å². The summed E-state index contributed by atoms with van der Waals surface area (Å²) in [5.41, 5.74) is 13.1. The van der Waals surface area contributed by atoms with Crippen LogP contribution < -0.4 is 21.3 Å². The molecule has 110 valence electrons. The van der Waals surface area contributed by atoms with E-state index in [0.29, 0.717) is 11.5 Å². The molecule has 0 aliphatic carbocycles. The van der Waals surface area contributed by atoms with Crippen molar-refractivity contribution in [2.75, 3.05) is 47.4 Å². The zero-order valence-electron chi connectivity index (χ0n) is 11.7. The summed E-state index contributed by atoms with van der Waals surface area (Å²) in [6.07, 6.45) is 0. The molecular formula is C15H18ClN5. The maximum atomic E-state index is 6.25. The van der Waals surface area contributed by atoms with E-state index in [1.807, 2.05) is 24.3 Å². The SMILES string of the molecule is Nc1ccc(N2CCN(c3ccccc3Cl)CC2)nc1N. The Hall–Kier alpha value is -2.14. The second kappa shape index (κ2) is 5.69. The molecule has 0 radical (unpaired) electrons. The van der Waals surface area contributed by atoms with Crippen LogP contribution in [0.3, 0.4) is 0 Å². The number of halogens is 1. The van der Waals surface area contributed by atoms with Gasteiger partial charge in [-0.05, 0) is 24.3 Å². The van der Waals surface area contributed by atoms with Crippen molar-refractivity contribution in [3.8, 4) is 0 Å². The Morgan fingerprint density at radius 2 is 1.57 bits per heavy atom. The number of nitrogens with two attached hydrogens (primary N) is 2. The van der Waals surface area contributed by atoms with Crippen LogP contribution >= 0.6 is 11.6 Å². The summed E-state index contributed by atoms with van der Waals surface area (Å²) in [5, 5.41) is 0.792. The van der Waals surface area contributed by atoms with Crippen molar-refractivity contribution in [2.24, 2.45) is 0 Å². The van der Waals surface area contributed by atoms with Crippen molar-refractivity contribution < 1.29 is 0 Å². The third-order valence-electron chi connectivity index (χ3n) is 3.74. The number of nitrogens with zero attached hydrogens (tertiary/aromatic N) is 3. The first-order valence-corrected chi connectivity index (χ1v) is 7.29. The predicted molar refractivity (Wildman–Crippen MR) is 88.9 cm³/mol. The highest BCUT2D eigenvalue weighted by molar-refractivity contribution is 6.33. The summed E-state index contributed by atoms with van der Waals surface area (Å²) >= 11 is 6.25. The van der Waals surface area contributed by atoms with E-state index in [0.717, 1.165) is 42.7 Å². The molecule has 1 aromatic carbocycles. The first kappa shape index (κ1) is 13.8. The molecule has 0 spiro atoms. The van der Waals surface area contributed by atoms with Gasteiger partial charge in [0, 0.05) is 26.2 Å². The number of para-hydroxylation sites is 1. The Morgan fingerprint density at radius 3 is 2.24 bits per heavy atom. The zero-order chi connectivity index (χ0) is 14.8. The highest BCUT2D eigenvalue weighted by Crippen LogP contribution is 2.27. The minimum absolute atomic E-state index is 0.390. The topological polar surface area (TPSA) is 71.4 Å². The van der Waals surface area contributed by atoms with Crippen LogP contribution in [0.4, 0.5) is 23.0 Å². The van der Waals surface area contributed by atoms with Crippen LogP contribution in [0.25, 0.3) is 0 Å². The van der Waals surface area contributed by atoms with Gasteiger partial charge < -0.3 is 21.3 Å². The number of anilines is 4. The van der Waals surface area contributed by atoms with Gasteiger partial charge in [0.15, 0.2) is 0 Å².